The van der Waals surface area contributed by atoms with Crippen molar-refractivity contribution in [3.63, 3.8) is 0 Å². The average molecular weight is 276 g/mol. The van der Waals surface area contributed by atoms with E-state index in [2.05, 4.69) is 15.4 Å². The molecule has 1 aromatic heterocycles. The van der Waals surface area contributed by atoms with Crippen LogP contribution in [0.15, 0.2) is 6.20 Å². The molecule has 0 saturated heterocycles. The van der Waals surface area contributed by atoms with E-state index in [0.717, 1.165) is 18.8 Å². The third kappa shape index (κ3) is 4.22. The summed E-state index contributed by atoms with van der Waals surface area (Å²) in [4.78, 5) is 2.09. The van der Waals surface area contributed by atoms with Gasteiger partial charge in [-0.3, -0.25) is 10.5 Å². The largest absolute Gasteiger partial charge is 0.380 e. The fraction of sp³-hybridized carbons (Fsp3) is 0.727. The van der Waals surface area contributed by atoms with Crippen molar-refractivity contribution < 1.29 is 4.74 Å². The van der Waals surface area contributed by atoms with E-state index in [1.54, 1.807) is 6.20 Å². The predicted molar refractivity (Wildman–Crippen MR) is 72.3 cm³/mol. The summed E-state index contributed by atoms with van der Waals surface area (Å²) in [5.41, 5.74) is 3.59. The zero-order valence-corrected chi connectivity index (χ0v) is 11.9. The number of aromatic nitrogens is 2. The molecule has 104 valence electrons. The monoisotopic (exact) mass is 275 g/mol. The van der Waals surface area contributed by atoms with Crippen LogP contribution in [0.25, 0.3) is 0 Å². The number of rotatable bonds is 8. The van der Waals surface area contributed by atoms with E-state index in [1.807, 2.05) is 25.7 Å². The summed E-state index contributed by atoms with van der Waals surface area (Å²) in [6.45, 7) is 4.71. The molecule has 0 saturated carbocycles. The Morgan fingerprint density at radius 1 is 1.61 bits per heavy atom. The van der Waals surface area contributed by atoms with E-state index in [-0.39, 0.29) is 6.04 Å². The molecule has 0 radical (unpaired) electrons. The number of halogens is 1. The molecule has 1 atom stereocenters. The molecule has 7 heteroatoms. The Kier molecular flexibility index (Phi) is 6.59. The first kappa shape index (κ1) is 15.4. The zero-order chi connectivity index (χ0) is 13.5. The molecule has 0 fully saturated rings. The summed E-state index contributed by atoms with van der Waals surface area (Å²) >= 11 is 6.16. The van der Waals surface area contributed by atoms with Gasteiger partial charge in [0, 0.05) is 13.2 Å². The second-order valence-corrected chi connectivity index (χ2v) is 4.69. The predicted octanol–water partition coefficient (Wildman–Crippen LogP) is 0.639. The molecular formula is C11H22ClN5O. The van der Waals surface area contributed by atoms with E-state index < -0.39 is 0 Å². The van der Waals surface area contributed by atoms with E-state index in [0.29, 0.717) is 18.2 Å². The lowest BCUT2D eigenvalue weighted by molar-refractivity contribution is 0.120. The molecular weight excluding hydrogens is 254 g/mol. The number of hydrogen-bond acceptors (Lipinski definition) is 5. The quantitative estimate of drug-likeness (QED) is 0.538. The number of ether oxygens (including phenoxy) is 1. The van der Waals surface area contributed by atoms with Crippen LogP contribution >= 0.6 is 11.6 Å². The zero-order valence-electron chi connectivity index (χ0n) is 11.2. The van der Waals surface area contributed by atoms with E-state index in [9.17, 15) is 0 Å². The van der Waals surface area contributed by atoms with Crippen LogP contribution in [-0.4, -0.2) is 48.5 Å². The van der Waals surface area contributed by atoms with E-state index in [4.69, 9.17) is 22.2 Å². The van der Waals surface area contributed by atoms with Crippen LogP contribution in [0.4, 0.5) is 0 Å². The van der Waals surface area contributed by atoms with Crippen molar-refractivity contribution in [3.05, 3.63) is 16.9 Å². The molecule has 0 bridgehead atoms. The van der Waals surface area contributed by atoms with Gasteiger partial charge in [0.2, 0.25) is 0 Å². The lowest BCUT2D eigenvalue weighted by Crippen LogP contribution is -2.34. The number of hydrogen-bond donors (Lipinski definition) is 2. The molecule has 0 aliphatic rings. The van der Waals surface area contributed by atoms with Gasteiger partial charge in [0.05, 0.1) is 36.1 Å². The van der Waals surface area contributed by atoms with Crippen molar-refractivity contribution in [2.24, 2.45) is 5.84 Å². The molecule has 0 aliphatic carbocycles. The molecule has 6 nitrogen and oxygen atoms in total. The summed E-state index contributed by atoms with van der Waals surface area (Å²) in [5.74, 6) is 5.56. The van der Waals surface area contributed by atoms with Gasteiger partial charge in [-0.2, -0.15) is 5.10 Å². The first-order chi connectivity index (χ1) is 8.60. The molecule has 18 heavy (non-hydrogen) atoms. The number of nitrogens with two attached hydrogens (primary N) is 1. The summed E-state index contributed by atoms with van der Waals surface area (Å²) in [7, 11) is 4.03. The van der Waals surface area contributed by atoms with E-state index in [1.165, 1.54) is 0 Å². The van der Waals surface area contributed by atoms with Gasteiger partial charge in [-0.25, -0.2) is 5.43 Å². The second kappa shape index (κ2) is 7.70. The van der Waals surface area contributed by atoms with Gasteiger partial charge in [-0.15, -0.1) is 0 Å². The number of nitrogens with one attached hydrogen (secondary N) is 1. The average Bonchev–Trinajstić information content (AvgIpc) is 2.70. The Morgan fingerprint density at radius 2 is 2.33 bits per heavy atom. The van der Waals surface area contributed by atoms with E-state index >= 15 is 0 Å². The second-order valence-electron chi connectivity index (χ2n) is 4.28. The van der Waals surface area contributed by atoms with Crippen LogP contribution in [0.5, 0.6) is 0 Å². The fourth-order valence-corrected chi connectivity index (χ4v) is 1.91. The van der Waals surface area contributed by atoms with Crippen LogP contribution in [-0.2, 0) is 11.3 Å². The smallest absolute Gasteiger partial charge is 0.0877 e. The minimum atomic E-state index is -0.151. The first-order valence-corrected chi connectivity index (χ1v) is 6.37. The molecule has 1 heterocycles. The maximum atomic E-state index is 6.16. The van der Waals surface area contributed by atoms with Gasteiger partial charge >= 0.3 is 0 Å². The Balaban J connectivity index is 2.80. The number of nitrogens with zero attached hydrogens (tertiary/aromatic N) is 3. The summed E-state index contributed by atoms with van der Waals surface area (Å²) in [5, 5.41) is 4.88. The normalized spacial score (nSPS) is 13.2. The number of likely N-dealkylation sites (N-methyl/N-ethyl adjacent to an activating group) is 1. The minimum absolute atomic E-state index is 0.151. The molecule has 1 rings (SSSR count). The standard InChI is InChI=1S/C11H22ClN5O/c1-4-18-8-10(15-13)11-9(12)7-14-17(11)6-5-16(2)3/h7,10,15H,4-6,8,13H2,1-3H3. The highest BCUT2D eigenvalue weighted by atomic mass is 35.5. The lowest BCUT2D eigenvalue weighted by atomic mass is 10.2. The topological polar surface area (TPSA) is 68.3 Å². The van der Waals surface area contributed by atoms with Crippen molar-refractivity contribution in [1.82, 2.24) is 20.1 Å². The molecule has 0 spiro atoms. The van der Waals surface area contributed by atoms with Crippen LogP contribution in [0.3, 0.4) is 0 Å². The Bertz CT molecular complexity index is 355. The SMILES string of the molecule is CCOCC(NN)c1c(Cl)cnn1CCN(C)C. The van der Waals surface area contributed by atoms with Gasteiger partial charge in [0.15, 0.2) is 0 Å². The fourth-order valence-electron chi connectivity index (χ4n) is 1.63. The molecule has 1 aromatic rings. The van der Waals surface area contributed by atoms with Crippen molar-refractivity contribution in [3.8, 4) is 0 Å². The summed E-state index contributed by atoms with van der Waals surface area (Å²) in [6, 6.07) is -0.151. The summed E-state index contributed by atoms with van der Waals surface area (Å²) < 4.78 is 7.26. The van der Waals surface area contributed by atoms with Gasteiger partial charge < -0.3 is 9.64 Å². The maximum Gasteiger partial charge on any atom is 0.0877 e. The van der Waals surface area contributed by atoms with Crippen molar-refractivity contribution >= 4 is 11.6 Å². The number of hydrazine groups is 1. The van der Waals surface area contributed by atoms with Gasteiger partial charge in [0.25, 0.3) is 0 Å². The van der Waals surface area contributed by atoms with Crippen molar-refractivity contribution in [1.29, 1.82) is 0 Å². The lowest BCUT2D eigenvalue weighted by Gasteiger charge is -2.19. The highest BCUT2D eigenvalue weighted by Gasteiger charge is 2.19. The highest BCUT2D eigenvalue weighted by molar-refractivity contribution is 6.31. The van der Waals surface area contributed by atoms with Gasteiger partial charge in [-0.1, -0.05) is 11.6 Å². The Morgan fingerprint density at radius 3 is 2.89 bits per heavy atom. The van der Waals surface area contributed by atoms with Crippen molar-refractivity contribution in [2.75, 3.05) is 33.9 Å². The minimum Gasteiger partial charge on any atom is -0.380 e. The Hall–Kier alpha value is -0.660. The third-order valence-electron chi connectivity index (χ3n) is 2.61. The molecule has 0 aliphatic heterocycles. The van der Waals surface area contributed by atoms with Crippen LogP contribution < -0.4 is 11.3 Å². The van der Waals surface area contributed by atoms with Crippen LogP contribution in [0.1, 0.15) is 18.7 Å². The maximum absolute atomic E-state index is 6.16. The van der Waals surface area contributed by atoms with Gasteiger partial charge in [-0.05, 0) is 21.0 Å². The van der Waals surface area contributed by atoms with Crippen LogP contribution in [0.2, 0.25) is 5.02 Å². The first-order valence-electron chi connectivity index (χ1n) is 6.00. The van der Waals surface area contributed by atoms with Gasteiger partial charge in [0.1, 0.15) is 0 Å². The molecule has 3 N–H and O–H groups in total. The highest BCUT2D eigenvalue weighted by Crippen LogP contribution is 2.22. The third-order valence-corrected chi connectivity index (χ3v) is 2.90. The van der Waals surface area contributed by atoms with Crippen molar-refractivity contribution in [2.45, 2.75) is 19.5 Å². The molecule has 0 aromatic carbocycles. The van der Waals surface area contributed by atoms with Crippen LogP contribution in [0, 0.1) is 0 Å². The molecule has 1 unspecified atom stereocenters. The summed E-state index contributed by atoms with van der Waals surface area (Å²) in [6.07, 6.45) is 1.64. The molecule has 0 amide bonds. The Labute approximate surface area is 113 Å².